The molecule has 2 aromatic rings. The van der Waals surface area contributed by atoms with E-state index >= 15 is 0 Å². The molecule has 2 aliphatic heterocycles. The van der Waals surface area contributed by atoms with Crippen LogP contribution in [0.25, 0.3) is 6.08 Å². The van der Waals surface area contributed by atoms with E-state index in [1.54, 1.807) is 17.0 Å². The lowest BCUT2D eigenvalue weighted by Gasteiger charge is -2.26. The number of sulfonamides is 1. The number of benzene rings is 2. The Morgan fingerprint density at radius 2 is 1.72 bits per heavy atom. The molecule has 0 aromatic heterocycles. The van der Waals surface area contributed by atoms with Crippen LogP contribution in [-0.2, 0) is 35.5 Å². The van der Waals surface area contributed by atoms with Crippen LogP contribution >= 0.6 is 0 Å². The summed E-state index contributed by atoms with van der Waals surface area (Å²) in [6.07, 6.45) is 3.52. The maximum atomic E-state index is 12.6. The van der Waals surface area contributed by atoms with Gasteiger partial charge in [0.25, 0.3) is 5.91 Å². The second-order valence-electron chi connectivity index (χ2n) is 7.45. The van der Waals surface area contributed by atoms with Gasteiger partial charge in [-0.2, -0.15) is 4.31 Å². The zero-order valence-electron chi connectivity index (χ0n) is 17.5. The minimum atomic E-state index is -3.56. The topological polar surface area (TPSA) is 93.2 Å². The van der Waals surface area contributed by atoms with Gasteiger partial charge in [-0.15, -0.1) is 0 Å². The molecule has 2 aliphatic rings. The van der Waals surface area contributed by atoms with Gasteiger partial charge in [0.2, 0.25) is 10.0 Å². The van der Waals surface area contributed by atoms with E-state index in [1.807, 2.05) is 24.3 Å². The van der Waals surface area contributed by atoms with Crippen LogP contribution in [0.4, 0.5) is 5.69 Å². The van der Waals surface area contributed by atoms with Crippen LogP contribution in [-0.4, -0.2) is 64.1 Å². The molecule has 1 amide bonds. The van der Waals surface area contributed by atoms with Crippen LogP contribution in [0.2, 0.25) is 0 Å². The van der Waals surface area contributed by atoms with Crippen molar-refractivity contribution < 1.29 is 27.5 Å². The van der Waals surface area contributed by atoms with Crippen molar-refractivity contribution in [1.29, 1.82) is 0 Å². The van der Waals surface area contributed by atoms with Crippen molar-refractivity contribution >= 4 is 33.7 Å². The predicted octanol–water partition coefficient (Wildman–Crippen LogP) is 1.85. The lowest BCUT2D eigenvalue weighted by atomic mass is 10.2. The number of rotatable bonds is 6. The standard InChI is InChI=1S/C23H24N2O6S/c26-22(25-12-11-19-3-1-2-4-21(19)25)17-31-23(27)10-7-18-5-8-20(9-6-18)32(28,29)24-13-15-30-16-14-24/h1-10H,11-17H2/b10-7+. The first-order valence-corrected chi connectivity index (χ1v) is 11.8. The molecule has 0 saturated carbocycles. The third kappa shape index (κ3) is 4.90. The first-order valence-electron chi connectivity index (χ1n) is 10.4. The number of fused-ring (bicyclic) bond motifs is 1. The van der Waals surface area contributed by atoms with Gasteiger partial charge in [0.05, 0.1) is 18.1 Å². The Kier molecular flexibility index (Phi) is 6.69. The Hall–Kier alpha value is -3.01. The number of anilines is 1. The maximum Gasteiger partial charge on any atom is 0.331 e. The summed E-state index contributed by atoms with van der Waals surface area (Å²) in [5, 5.41) is 0. The molecule has 9 heteroatoms. The maximum absolute atomic E-state index is 12.6. The predicted molar refractivity (Wildman–Crippen MR) is 119 cm³/mol. The summed E-state index contributed by atoms with van der Waals surface area (Å²) in [5.41, 5.74) is 2.60. The molecule has 0 bridgehead atoms. The molecular formula is C23H24N2O6S. The van der Waals surface area contributed by atoms with Crippen LogP contribution in [0, 0.1) is 0 Å². The van der Waals surface area contributed by atoms with Crippen LogP contribution in [0.1, 0.15) is 11.1 Å². The molecule has 1 fully saturated rings. The van der Waals surface area contributed by atoms with Gasteiger partial charge in [0.1, 0.15) is 0 Å². The third-order valence-electron chi connectivity index (χ3n) is 5.43. The second-order valence-corrected chi connectivity index (χ2v) is 9.39. The number of para-hydroxylation sites is 1. The third-order valence-corrected chi connectivity index (χ3v) is 7.34. The Balaban J connectivity index is 1.30. The van der Waals surface area contributed by atoms with Gasteiger partial charge in [0.15, 0.2) is 6.61 Å². The quantitative estimate of drug-likeness (QED) is 0.487. The summed E-state index contributed by atoms with van der Waals surface area (Å²) in [7, 11) is -3.56. The molecule has 8 nitrogen and oxygen atoms in total. The number of morpholine rings is 1. The summed E-state index contributed by atoms with van der Waals surface area (Å²) >= 11 is 0. The summed E-state index contributed by atoms with van der Waals surface area (Å²) in [6, 6.07) is 13.9. The Bertz CT molecular complexity index is 1120. The number of carbonyl (C=O) groups is 2. The molecule has 0 N–H and O–H groups in total. The lowest BCUT2D eigenvalue weighted by Crippen LogP contribution is -2.40. The van der Waals surface area contributed by atoms with Gasteiger partial charge in [-0.05, 0) is 41.8 Å². The average molecular weight is 457 g/mol. The lowest BCUT2D eigenvalue weighted by molar-refractivity contribution is -0.142. The minimum absolute atomic E-state index is 0.190. The van der Waals surface area contributed by atoms with E-state index in [4.69, 9.17) is 9.47 Å². The normalized spacial score (nSPS) is 16.8. The fraction of sp³-hybridized carbons (Fsp3) is 0.304. The molecule has 0 spiro atoms. The van der Waals surface area contributed by atoms with Crippen LogP contribution in [0.5, 0.6) is 0 Å². The Morgan fingerprint density at radius 1 is 1.00 bits per heavy atom. The van der Waals surface area contributed by atoms with E-state index in [1.165, 1.54) is 28.6 Å². The molecule has 1 saturated heterocycles. The SMILES string of the molecule is O=C(/C=C/c1ccc(S(=O)(=O)N2CCOCC2)cc1)OCC(=O)N1CCc2ccccc21. The van der Waals surface area contributed by atoms with E-state index in [-0.39, 0.29) is 17.4 Å². The highest BCUT2D eigenvalue weighted by atomic mass is 32.2. The van der Waals surface area contributed by atoms with Crippen molar-refractivity contribution in [1.82, 2.24) is 4.31 Å². The molecule has 168 valence electrons. The summed E-state index contributed by atoms with van der Waals surface area (Å²) in [4.78, 5) is 26.2. The summed E-state index contributed by atoms with van der Waals surface area (Å²) in [6.45, 7) is 1.67. The van der Waals surface area contributed by atoms with Gasteiger partial charge >= 0.3 is 5.97 Å². The first-order chi connectivity index (χ1) is 15.4. The van der Waals surface area contributed by atoms with Crippen molar-refractivity contribution in [2.45, 2.75) is 11.3 Å². The highest BCUT2D eigenvalue weighted by molar-refractivity contribution is 7.89. The van der Waals surface area contributed by atoms with Gasteiger partial charge in [-0.25, -0.2) is 13.2 Å². The van der Waals surface area contributed by atoms with E-state index < -0.39 is 16.0 Å². The number of hydrogen-bond donors (Lipinski definition) is 0. The number of esters is 1. The number of ether oxygens (including phenoxy) is 2. The molecule has 0 aliphatic carbocycles. The zero-order valence-corrected chi connectivity index (χ0v) is 18.3. The average Bonchev–Trinajstić information content (AvgIpc) is 3.26. The molecule has 4 rings (SSSR count). The van der Waals surface area contributed by atoms with E-state index in [0.29, 0.717) is 38.4 Å². The van der Waals surface area contributed by atoms with Crippen molar-refractivity contribution in [3.05, 3.63) is 65.7 Å². The summed E-state index contributed by atoms with van der Waals surface area (Å²) in [5.74, 6) is -0.912. The van der Waals surface area contributed by atoms with Gasteiger partial charge in [0, 0.05) is 31.4 Å². The zero-order chi connectivity index (χ0) is 22.6. The smallest absolute Gasteiger partial charge is 0.331 e. The fourth-order valence-electron chi connectivity index (χ4n) is 3.71. The first kappa shape index (κ1) is 22.2. The fourth-order valence-corrected chi connectivity index (χ4v) is 5.12. The summed E-state index contributed by atoms with van der Waals surface area (Å²) < 4.78 is 37.0. The monoisotopic (exact) mass is 456 g/mol. The molecule has 32 heavy (non-hydrogen) atoms. The second kappa shape index (κ2) is 9.64. The van der Waals surface area contributed by atoms with E-state index in [2.05, 4.69) is 0 Å². The van der Waals surface area contributed by atoms with Gasteiger partial charge in [-0.3, -0.25) is 4.79 Å². The number of amides is 1. The van der Waals surface area contributed by atoms with Crippen LogP contribution in [0.15, 0.2) is 59.5 Å². The molecule has 0 radical (unpaired) electrons. The molecule has 0 atom stereocenters. The Morgan fingerprint density at radius 3 is 2.47 bits per heavy atom. The number of carbonyl (C=O) groups excluding carboxylic acids is 2. The molecular weight excluding hydrogens is 432 g/mol. The molecule has 2 heterocycles. The largest absolute Gasteiger partial charge is 0.452 e. The molecule has 0 unspecified atom stereocenters. The highest BCUT2D eigenvalue weighted by Crippen LogP contribution is 2.27. The van der Waals surface area contributed by atoms with Gasteiger partial charge < -0.3 is 14.4 Å². The minimum Gasteiger partial charge on any atom is -0.452 e. The number of nitrogens with zero attached hydrogens (tertiary/aromatic N) is 2. The van der Waals surface area contributed by atoms with Gasteiger partial charge in [-0.1, -0.05) is 30.3 Å². The highest BCUT2D eigenvalue weighted by Gasteiger charge is 2.26. The van der Waals surface area contributed by atoms with Crippen molar-refractivity contribution in [3.63, 3.8) is 0 Å². The van der Waals surface area contributed by atoms with Crippen molar-refractivity contribution in [2.75, 3.05) is 44.4 Å². The van der Waals surface area contributed by atoms with E-state index in [9.17, 15) is 18.0 Å². The van der Waals surface area contributed by atoms with E-state index in [0.717, 1.165) is 17.7 Å². The van der Waals surface area contributed by atoms with Crippen LogP contribution in [0.3, 0.4) is 0 Å². The van der Waals surface area contributed by atoms with Crippen molar-refractivity contribution in [3.8, 4) is 0 Å². The Labute approximate surface area is 187 Å². The van der Waals surface area contributed by atoms with Crippen LogP contribution < -0.4 is 4.90 Å². The number of hydrogen-bond acceptors (Lipinski definition) is 6. The molecule has 2 aromatic carbocycles. The van der Waals surface area contributed by atoms with Crippen molar-refractivity contribution in [2.24, 2.45) is 0 Å².